The van der Waals surface area contributed by atoms with E-state index in [0.717, 1.165) is 23.8 Å². The summed E-state index contributed by atoms with van der Waals surface area (Å²) in [4.78, 5) is 16.4. The van der Waals surface area contributed by atoms with E-state index >= 15 is 0 Å². The van der Waals surface area contributed by atoms with Crippen molar-refractivity contribution in [3.05, 3.63) is 16.6 Å². The van der Waals surface area contributed by atoms with Gasteiger partial charge in [0.15, 0.2) is 0 Å². The second kappa shape index (κ2) is 6.68. The number of carbonyl (C=O) groups excluding carboxylic acids is 1. The molecule has 2 N–H and O–H groups in total. The Morgan fingerprint density at radius 3 is 3.10 bits per heavy atom. The first kappa shape index (κ1) is 14.0. The number of hydrogen-bond donors (Lipinski definition) is 2. The third-order valence-electron chi connectivity index (χ3n) is 4.59. The van der Waals surface area contributed by atoms with Gasteiger partial charge in [0.25, 0.3) is 0 Å². The third kappa shape index (κ3) is 3.38. The summed E-state index contributed by atoms with van der Waals surface area (Å²) in [5.74, 6) is 0.980. The molecule has 1 saturated heterocycles. The van der Waals surface area contributed by atoms with Gasteiger partial charge in [0, 0.05) is 30.6 Å². The molecule has 2 heterocycles. The molecule has 110 valence electrons. The highest BCUT2D eigenvalue weighted by atomic mass is 32.1. The Morgan fingerprint density at radius 2 is 2.25 bits per heavy atom. The smallest absolute Gasteiger partial charge is 0.237 e. The van der Waals surface area contributed by atoms with Gasteiger partial charge in [0.1, 0.15) is 0 Å². The first-order valence-electron chi connectivity index (χ1n) is 7.75. The average molecular weight is 293 g/mol. The van der Waals surface area contributed by atoms with Gasteiger partial charge in [-0.05, 0) is 31.6 Å². The fourth-order valence-corrected chi connectivity index (χ4v) is 4.11. The van der Waals surface area contributed by atoms with Crippen molar-refractivity contribution in [2.75, 3.05) is 6.54 Å². The highest BCUT2D eigenvalue weighted by molar-refractivity contribution is 7.09. The van der Waals surface area contributed by atoms with Gasteiger partial charge in [-0.15, -0.1) is 11.3 Å². The van der Waals surface area contributed by atoms with Crippen molar-refractivity contribution < 1.29 is 4.79 Å². The second-order valence-electron chi connectivity index (χ2n) is 5.91. The lowest BCUT2D eigenvalue weighted by Gasteiger charge is -2.39. The molecule has 3 rings (SSSR count). The summed E-state index contributed by atoms with van der Waals surface area (Å²) in [6.07, 6.45) is 10.1. The van der Waals surface area contributed by atoms with Crippen LogP contribution in [0.25, 0.3) is 0 Å². The second-order valence-corrected chi connectivity index (χ2v) is 6.89. The van der Waals surface area contributed by atoms with Crippen molar-refractivity contribution in [2.45, 2.75) is 57.0 Å². The van der Waals surface area contributed by atoms with Gasteiger partial charge in [-0.1, -0.05) is 12.8 Å². The standard InChI is InChI=1S/C15H23N3OS/c19-15(17-8-7-14-16-9-10-20-14)13-6-5-11-3-1-2-4-12(11)18-13/h9-13,18H,1-8H2,(H,17,19). The largest absolute Gasteiger partial charge is 0.354 e. The summed E-state index contributed by atoms with van der Waals surface area (Å²) in [6, 6.07) is 0.595. The molecule has 2 aliphatic rings. The van der Waals surface area contributed by atoms with Crippen molar-refractivity contribution in [2.24, 2.45) is 5.92 Å². The first-order valence-corrected chi connectivity index (χ1v) is 8.63. The van der Waals surface area contributed by atoms with Gasteiger partial charge >= 0.3 is 0 Å². The van der Waals surface area contributed by atoms with Crippen LogP contribution >= 0.6 is 11.3 Å². The van der Waals surface area contributed by atoms with E-state index in [1.165, 1.54) is 32.1 Å². The first-order chi connectivity index (χ1) is 9.83. The Bertz CT molecular complexity index is 434. The fraction of sp³-hybridized carbons (Fsp3) is 0.733. The Labute approximate surface area is 124 Å². The van der Waals surface area contributed by atoms with Gasteiger partial charge in [0.05, 0.1) is 11.0 Å². The lowest BCUT2D eigenvalue weighted by Crippen LogP contribution is -2.55. The molecular weight excluding hydrogens is 270 g/mol. The quantitative estimate of drug-likeness (QED) is 0.894. The zero-order valence-electron chi connectivity index (χ0n) is 11.8. The van der Waals surface area contributed by atoms with E-state index in [-0.39, 0.29) is 11.9 Å². The van der Waals surface area contributed by atoms with Crippen LogP contribution in [0.1, 0.15) is 43.5 Å². The summed E-state index contributed by atoms with van der Waals surface area (Å²) in [5.41, 5.74) is 0. The molecule has 4 nitrogen and oxygen atoms in total. The van der Waals surface area contributed by atoms with E-state index in [2.05, 4.69) is 15.6 Å². The minimum Gasteiger partial charge on any atom is -0.354 e. The van der Waals surface area contributed by atoms with Gasteiger partial charge < -0.3 is 10.6 Å². The zero-order valence-corrected chi connectivity index (χ0v) is 12.6. The van der Waals surface area contributed by atoms with Crippen LogP contribution in [0.15, 0.2) is 11.6 Å². The topological polar surface area (TPSA) is 54.0 Å². The number of hydrogen-bond acceptors (Lipinski definition) is 4. The van der Waals surface area contributed by atoms with Crippen molar-refractivity contribution in [3.63, 3.8) is 0 Å². The summed E-state index contributed by atoms with van der Waals surface area (Å²) < 4.78 is 0. The molecule has 0 radical (unpaired) electrons. The van der Waals surface area contributed by atoms with Gasteiger partial charge in [-0.2, -0.15) is 0 Å². The third-order valence-corrected chi connectivity index (χ3v) is 5.43. The minimum atomic E-state index is 0.0191. The Morgan fingerprint density at radius 1 is 1.35 bits per heavy atom. The van der Waals surface area contributed by atoms with Gasteiger partial charge in [-0.3, -0.25) is 4.79 Å². The zero-order chi connectivity index (χ0) is 13.8. The summed E-state index contributed by atoms with van der Waals surface area (Å²) in [5, 5.41) is 9.69. The Kier molecular flexibility index (Phi) is 4.68. The van der Waals surface area contributed by atoms with Crippen LogP contribution in [0.5, 0.6) is 0 Å². The van der Waals surface area contributed by atoms with Crippen LogP contribution in [-0.2, 0) is 11.2 Å². The van der Waals surface area contributed by atoms with Crippen LogP contribution in [0, 0.1) is 5.92 Å². The molecule has 0 aromatic carbocycles. The van der Waals surface area contributed by atoms with Crippen LogP contribution in [0.2, 0.25) is 0 Å². The highest BCUT2D eigenvalue weighted by Gasteiger charge is 2.34. The number of nitrogens with zero attached hydrogens (tertiary/aromatic N) is 1. The number of amides is 1. The molecule has 5 heteroatoms. The van der Waals surface area contributed by atoms with E-state index in [9.17, 15) is 4.79 Å². The number of fused-ring (bicyclic) bond motifs is 1. The van der Waals surface area contributed by atoms with Crippen LogP contribution in [0.4, 0.5) is 0 Å². The predicted octanol–water partition coefficient (Wildman–Crippen LogP) is 2.11. The minimum absolute atomic E-state index is 0.0191. The van der Waals surface area contributed by atoms with E-state index in [1.54, 1.807) is 11.3 Å². The Hall–Kier alpha value is -0.940. The number of aromatic nitrogens is 1. The molecule has 1 saturated carbocycles. The molecule has 2 fully saturated rings. The highest BCUT2D eigenvalue weighted by Crippen LogP contribution is 2.32. The van der Waals surface area contributed by atoms with Gasteiger partial charge in [-0.25, -0.2) is 4.98 Å². The lowest BCUT2D eigenvalue weighted by atomic mass is 9.77. The van der Waals surface area contributed by atoms with E-state index in [4.69, 9.17) is 0 Å². The maximum absolute atomic E-state index is 12.2. The van der Waals surface area contributed by atoms with Gasteiger partial charge in [0.2, 0.25) is 5.91 Å². The normalized spacial score (nSPS) is 29.7. The molecule has 1 aliphatic carbocycles. The molecule has 1 aliphatic heterocycles. The van der Waals surface area contributed by atoms with Crippen molar-refractivity contribution >= 4 is 17.2 Å². The molecule has 0 spiro atoms. The molecule has 3 unspecified atom stereocenters. The van der Waals surface area contributed by atoms with Crippen LogP contribution in [0.3, 0.4) is 0 Å². The molecule has 1 aromatic rings. The van der Waals surface area contributed by atoms with E-state index in [1.807, 2.05) is 11.6 Å². The Balaban J connectivity index is 1.43. The number of piperidine rings is 1. The van der Waals surface area contributed by atoms with Crippen molar-refractivity contribution in [3.8, 4) is 0 Å². The number of rotatable bonds is 4. The van der Waals surface area contributed by atoms with Crippen molar-refractivity contribution in [1.82, 2.24) is 15.6 Å². The van der Waals surface area contributed by atoms with Crippen LogP contribution in [-0.4, -0.2) is 29.5 Å². The summed E-state index contributed by atoms with van der Waals surface area (Å²) >= 11 is 1.65. The maximum atomic E-state index is 12.2. The summed E-state index contributed by atoms with van der Waals surface area (Å²) in [7, 11) is 0. The molecule has 1 amide bonds. The molecule has 3 atom stereocenters. The maximum Gasteiger partial charge on any atom is 0.237 e. The van der Waals surface area contributed by atoms with E-state index in [0.29, 0.717) is 12.6 Å². The molecule has 1 aromatic heterocycles. The molecule has 20 heavy (non-hydrogen) atoms. The van der Waals surface area contributed by atoms with Crippen molar-refractivity contribution in [1.29, 1.82) is 0 Å². The van der Waals surface area contributed by atoms with Crippen LogP contribution < -0.4 is 10.6 Å². The number of nitrogens with one attached hydrogen (secondary N) is 2. The fourth-order valence-electron chi connectivity index (χ4n) is 3.49. The summed E-state index contributed by atoms with van der Waals surface area (Å²) in [6.45, 7) is 0.693. The SMILES string of the molecule is O=C(NCCc1nccs1)C1CCC2CCCCC2N1. The number of carbonyl (C=O) groups is 1. The molecule has 0 bridgehead atoms. The lowest BCUT2D eigenvalue weighted by molar-refractivity contribution is -0.124. The predicted molar refractivity (Wildman–Crippen MR) is 80.7 cm³/mol. The molecular formula is C15H23N3OS. The van der Waals surface area contributed by atoms with E-state index < -0.39 is 0 Å². The monoisotopic (exact) mass is 293 g/mol. The number of thiazole rings is 1. The average Bonchev–Trinajstić information content (AvgIpc) is 3.00.